The normalized spacial score (nSPS) is 13.8. The molecular formula is C13H16N4OS. The summed E-state index contributed by atoms with van der Waals surface area (Å²) in [5.41, 5.74) is 7.70. The summed E-state index contributed by atoms with van der Waals surface area (Å²) in [6.45, 7) is 1.86. The van der Waals surface area contributed by atoms with Gasteiger partial charge >= 0.3 is 0 Å². The monoisotopic (exact) mass is 276 g/mol. The van der Waals surface area contributed by atoms with Crippen LogP contribution < -0.4 is 11.1 Å². The van der Waals surface area contributed by atoms with E-state index in [2.05, 4.69) is 15.3 Å². The van der Waals surface area contributed by atoms with Gasteiger partial charge in [0, 0.05) is 12.4 Å². The first-order chi connectivity index (χ1) is 9.16. The Labute approximate surface area is 115 Å². The molecule has 2 aromatic heterocycles. The van der Waals surface area contributed by atoms with Crippen molar-refractivity contribution in [1.29, 1.82) is 0 Å². The standard InChI is InChI=1S/C13H16N4OS/c1-9(12-7-15-3-4-16-12)17-13(18)11(14)6-10-2-5-19-8-10/h2-5,7-9,11H,6,14H2,1H3,(H,17,18)/t9-,11?/m0/s1. The molecule has 0 fully saturated rings. The molecule has 2 rings (SSSR count). The number of nitrogens with two attached hydrogens (primary N) is 1. The Morgan fingerprint density at radius 2 is 2.37 bits per heavy atom. The number of nitrogens with one attached hydrogen (secondary N) is 1. The molecule has 0 aliphatic heterocycles. The Bertz CT molecular complexity index is 515. The van der Waals surface area contributed by atoms with Crippen LogP contribution in [0.2, 0.25) is 0 Å². The van der Waals surface area contributed by atoms with Crippen LogP contribution in [0, 0.1) is 0 Å². The molecule has 1 unspecified atom stereocenters. The summed E-state index contributed by atoms with van der Waals surface area (Å²) < 4.78 is 0. The Kier molecular flexibility index (Phi) is 4.59. The number of carbonyl (C=O) groups is 1. The van der Waals surface area contributed by atoms with E-state index in [0.717, 1.165) is 11.3 Å². The number of carbonyl (C=O) groups excluding carboxylic acids is 1. The fraction of sp³-hybridized carbons (Fsp3) is 0.308. The van der Waals surface area contributed by atoms with Crippen molar-refractivity contribution in [2.75, 3.05) is 0 Å². The summed E-state index contributed by atoms with van der Waals surface area (Å²) in [4.78, 5) is 20.1. The summed E-state index contributed by atoms with van der Waals surface area (Å²) in [5, 5.41) is 6.82. The van der Waals surface area contributed by atoms with E-state index in [1.165, 1.54) is 0 Å². The largest absolute Gasteiger partial charge is 0.347 e. The highest BCUT2D eigenvalue weighted by molar-refractivity contribution is 7.07. The smallest absolute Gasteiger partial charge is 0.237 e. The number of hydrogen-bond donors (Lipinski definition) is 2. The molecule has 0 aliphatic carbocycles. The van der Waals surface area contributed by atoms with Crippen LogP contribution in [0.1, 0.15) is 24.2 Å². The predicted octanol–water partition coefficient (Wildman–Crippen LogP) is 1.29. The maximum Gasteiger partial charge on any atom is 0.237 e. The minimum absolute atomic E-state index is 0.177. The van der Waals surface area contributed by atoms with Gasteiger partial charge < -0.3 is 11.1 Å². The molecule has 0 bridgehead atoms. The highest BCUT2D eigenvalue weighted by Gasteiger charge is 2.17. The Hall–Kier alpha value is -1.79. The lowest BCUT2D eigenvalue weighted by Gasteiger charge is -2.16. The van der Waals surface area contributed by atoms with Crippen LogP contribution >= 0.6 is 11.3 Å². The first-order valence-electron chi connectivity index (χ1n) is 5.99. The zero-order chi connectivity index (χ0) is 13.7. The molecule has 2 aromatic rings. The van der Waals surface area contributed by atoms with Gasteiger partial charge in [0.15, 0.2) is 0 Å². The van der Waals surface area contributed by atoms with E-state index in [4.69, 9.17) is 5.73 Å². The molecule has 19 heavy (non-hydrogen) atoms. The second kappa shape index (κ2) is 6.40. The number of rotatable bonds is 5. The van der Waals surface area contributed by atoms with Gasteiger partial charge in [0.1, 0.15) is 0 Å². The van der Waals surface area contributed by atoms with Gasteiger partial charge in [-0.3, -0.25) is 14.8 Å². The van der Waals surface area contributed by atoms with Crippen molar-refractivity contribution in [2.45, 2.75) is 25.4 Å². The number of aromatic nitrogens is 2. The molecule has 0 saturated heterocycles. The van der Waals surface area contributed by atoms with Crippen LogP contribution in [0.3, 0.4) is 0 Å². The van der Waals surface area contributed by atoms with Crippen LogP contribution in [0.5, 0.6) is 0 Å². The van der Waals surface area contributed by atoms with Gasteiger partial charge in [-0.05, 0) is 35.7 Å². The molecule has 0 saturated carbocycles. The third-order valence-corrected chi connectivity index (χ3v) is 3.49. The minimum Gasteiger partial charge on any atom is -0.347 e. The van der Waals surface area contributed by atoms with Crippen LogP contribution in [-0.4, -0.2) is 21.9 Å². The van der Waals surface area contributed by atoms with Crippen LogP contribution in [-0.2, 0) is 11.2 Å². The summed E-state index contributed by atoms with van der Waals surface area (Å²) in [7, 11) is 0. The number of thiophene rings is 1. The van der Waals surface area contributed by atoms with Gasteiger partial charge in [0.25, 0.3) is 0 Å². The lowest BCUT2D eigenvalue weighted by atomic mass is 10.1. The molecule has 0 aliphatic rings. The van der Waals surface area contributed by atoms with Crippen molar-refractivity contribution in [3.05, 3.63) is 46.7 Å². The SMILES string of the molecule is C[C@H](NC(=O)C(N)Cc1ccsc1)c1cnccn1. The highest BCUT2D eigenvalue weighted by Crippen LogP contribution is 2.10. The van der Waals surface area contributed by atoms with Gasteiger partial charge in [-0.15, -0.1) is 0 Å². The number of nitrogens with zero attached hydrogens (tertiary/aromatic N) is 2. The van der Waals surface area contributed by atoms with Crippen molar-refractivity contribution >= 4 is 17.2 Å². The summed E-state index contributed by atoms with van der Waals surface area (Å²) in [6.07, 6.45) is 5.38. The van der Waals surface area contributed by atoms with E-state index < -0.39 is 6.04 Å². The zero-order valence-electron chi connectivity index (χ0n) is 10.6. The molecular weight excluding hydrogens is 260 g/mol. The second-order valence-corrected chi connectivity index (χ2v) is 5.08. The maximum atomic E-state index is 12.0. The zero-order valence-corrected chi connectivity index (χ0v) is 11.4. The molecule has 0 radical (unpaired) electrons. The van der Waals surface area contributed by atoms with Crippen molar-refractivity contribution in [3.8, 4) is 0 Å². The fourth-order valence-electron chi connectivity index (χ4n) is 1.68. The molecule has 2 atom stereocenters. The number of hydrogen-bond acceptors (Lipinski definition) is 5. The third-order valence-electron chi connectivity index (χ3n) is 2.76. The summed E-state index contributed by atoms with van der Waals surface area (Å²) in [5.74, 6) is -0.177. The van der Waals surface area contributed by atoms with Crippen molar-refractivity contribution < 1.29 is 4.79 Å². The van der Waals surface area contributed by atoms with Gasteiger partial charge in [-0.2, -0.15) is 11.3 Å². The van der Waals surface area contributed by atoms with Crippen LogP contribution in [0.25, 0.3) is 0 Å². The molecule has 0 aromatic carbocycles. The van der Waals surface area contributed by atoms with Crippen LogP contribution in [0.15, 0.2) is 35.4 Å². The van der Waals surface area contributed by atoms with Crippen molar-refractivity contribution in [1.82, 2.24) is 15.3 Å². The molecule has 0 spiro atoms. The summed E-state index contributed by atoms with van der Waals surface area (Å²) >= 11 is 1.60. The van der Waals surface area contributed by atoms with E-state index in [0.29, 0.717) is 6.42 Å². The van der Waals surface area contributed by atoms with E-state index in [1.807, 2.05) is 23.8 Å². The Morgan fingerprint density at radius 1 is 1.53 bits per heavy atom. The lowest BCUT2D eigenvalue weighted by Crippen LogP contribution is -2.43. The van der Waals surface area contributed by atoms with E-state index in [-0.39, 0.29) is 11.9 Å². The lowest BCUT2D eigenvalue weighted by molar-refractivity contribution is -0.123. The fourth-order valence-corrected chi connectivity index (χ4v) is 2.37. The molecule has 1 amide bonds. The predicted molar refractivity (Wildman–Crippen MR) is 74.6 cm³/mol. The number of amides is 1. The minimum atomic E-state index is -0.547. The Balaban J connectivity index is 1.90. The van der Waals surface area contributed by atoms with Gasteiger partial charge in [-0.1, -0.05) is 0 Å². The van der Waals surface area contributed by atoms with Crippen molar-refractivity contribution in [2.24, 2.45) is 5.73 Å². The molecule has 6 heteroatoms. The second-order valence-electron chi connectivity index (χ2n) is 4.30. The Morgan fingerprint density at radius 3 is 3.00 bits per heavy atom. The van der Waals surface area contributed by atoms with Gasteiger partial charge in [0.05, 0.1) is 24.0 Å². The molecule has 2 heterocycles. The average Bonchev–Trinajstić information content (AvgIpc) is 2.92. The molecule has 5 nitrogen and oxygen atoms in total. The summed E-state index contributed by atoms with van der Waals surface area (Å²) in [6, 6.07) is 1.23. The van der Waals surface area contributed by atoms with E-state index >= 15 is 0 Å². The quantitative estimate of drug-likeness (QED) is 0.862. The van der Waals surface area contributed by atoms with Gasteiger partial charge in [0.2, 0.25) is 5.91 Å². The maximum absolute atomic E-state index is 12.0. The van der Waals surface area contributed by atoms with Gasteiger partial charge in [-0.25, -0.2) is 0 Å². The molecule has 100 valence electrons. The van der Waals surface area contributed by atoms with Crippen molar-refractivity contribution in [3.63, 3.8) is 0 Å². The average molecular weight is 276 g/mol. The first-order valence-corrected chi connectivity index (χ1v) is 6.94. The molecule has 3 N–H and O–H groups in total. The van der Waals surface area contributed by atoms with Crippen LogP contribution in [0.4, 0.5) is 0 Å². The third kappa shape index (κ3) is 3.84. The first kappa shape index (κ1) is 13.6. The van der Waals surface area contributed by atoms with E-state index in [9.17, 15) is 4.79 Å². The highest BCUT2D eigenvalue weighted by atomic mass is 32.1. The van der Waals surface area contributed by atoms with E-state index in [1.54, 1.807) is 29.9 Å². The topological polar surface area (TPSA) is 80.9 Å².